The summed E-state index contributed by atoms with van der Waals surface area (Å²) in [6.45, 7) is 1.66. The molecule has 2 aromatic heterocycles. The highest BCUT2D eigenvalue weighted by molar-refractivity contribution is 5.95. The average Bonchev–Trinajstić information content (AvgIpc) is 3.05. The lowest BCUT2D eigenvalue weighted by Gasteiger charge is -2.10. The van der Waals surface area contributed by atoms with E-state index in [-0.39, 0.29) is 12.4 Å². The molecule has 1 amide bonds. The highest BCUT2D eigenvalue weighted by Gasteiger charge is 2.17. The van der Waals surface area contributed by atoms with E-state index < -0.39 is 11.7 Å². The standard InChI is InChI=1S/C22H18FN3O2/c1-15-11-12-19-24-21(16-7-3-2-4-8-16)22(26(19)13-15)25-20(27)14-28-18-10-6-5-9-17(18)23/h2-13H,14H2,1H3,(H,25,27). The van der Waals surface area contributed by atoms with E-state index >= 15 is 0 Å². The Hall–Kier alpha value is -3.67. The van der Waals surface area contributed by atoms with Crippen molar-refractivity contribution in [3.05, 3.63) is 84.3 Å². The first-order chi connectivity index (χ1) is 13.6. The number of para-hydroxylation sites is 1. The van der Waals surface area contributed by atoms with Gasteiger partial charge in [0.2, 0.25) is 0 Å². The first-order valence-corrected chi connectivity index (χ1v) is 8.83. The molecule has 2 heterocycles. The summed E-state index contributed by atoms with van der Waals surface area (Å²) >= 11 is 0. The van der Waals surface area contributed by atoms with Crippen LogP contribution in [0.1, 0.15) is 5.56 Å². The van der Waals surface area contributed by atoms with Crippen LogP contribution in [0.5, 0.6) is 5.75 Å². The van der Waals surface area contributed by atoms with Gasteiger partial charge in [0.15, 0.2) is 18.2 Å². The summed E-state index contributed by atoms with van der Waals surface area (Å²) in [7, 11) is 0. The summed E-state index contributed by atoms with van der Waals surface area (Å²) < 4.78 is 20.8. The number of nitrogens with one attached hydrogen (secondary N) is 1. The Balaban J connectivity index is 1.64. The van der Waals surface area contributed by atoms with Gasteiger partial charge in [-0.2, -0.15) is 0 Å². The first-order valence-electron chi connectivity index (χ1n) is 8.83. The minimum Gasteiger partial charge on any atom is -0.481 e. The van der Waals surface area contributed by atoms with Gasteiger partial charge in [-0.25, -0.2) is 9.37 Å². The monoisotopic (exact) mass is 375 g/mol. The third kappa shape index (κ3) is 3.57. The minimum absolute atomic E-state index is 0.0370. The number of aryl methyl sites for hydroxylation is 1. The minimum atomic E-state index is -0.509. The lowest BCUT2D eigenvalue weighted by atomic mass is 10.1. The second-order valence-electron chi connectivity index (χ2n) is 6.38. The average molecular weight is 375 g/mol. The van der Waals surface area contributed by atoms with Crippen LogP contribution < -0.4 is 10.1 Å². The fourth-order valence-electron chi connectivity index (χ4n) is 2.94. The zero-order valence-corrected chi connectivity index (χ0v) is 15.2. The van der Waals surface area contributed by atoms with Crippen molar-refractivity contribution >= 4 is 17.4 Å². The molecule has 28 heavy (non-hydrogen) atoms. The van der Waals surface area contributed by atoms with Crippen molar-refractivity contribution in [1.29, 1.82) is 0 Å². The number of benzene rings is 2. The number of hydrogen-bond acceptors (Lipinski definition) is 3. The molecule has 0 saturated carbocycles. The summed E-state index contributed by atoms with van der Waals surface area (Å²) in [6.07, 6.45) is 1.90. The number of carbonyl (C=O) groups is 1. The lowest BCUT2D eigenvalue weighted by Crippen LogP contribution is -2.21. The number of rotatable bonds is 5. The fraction of sp³-hybridized carbons (Fsp3) is 0.0909. The molecule has 5 nitrogen and oxygen atoms in total. The summed E-state index contributed by atoms with van der Waals surface area (Å²) in [5.74, 6) is -0.323. The molecule has 0 bridgehead atoms. The zero-order chi connectivity index (χ0) is 19.5. The molecular formula is C22H18FN3O2. The van der Waals surface area contributed by atoms with Crippen LogP contribution in [0.2, 0.25) is 0 Å². The summed E-state index contributed by atoms with van der Waals surface area (Å²) in [6, 6.07) is 19.5. The molecule has 0 radical (unpaired) electrons. The maximum Gasteiger partial charge on any atom is 0.263 e. The van der Waals surface area contributed by atoms with Crippen LogP contribution in [0, 0.1) is 12.7 Å². The van der Waals surface area contributed by atoms with Crippen LogP contribution in [0.25, 0.3) is 16.9 Å². The normalized spacial score (nSPS) is 10.8. The first kappa shape index (κ1) is 17.7. The van der Waals surface area contributed by atoms with E-state index in [1.54, 1.807) is 12.1 Å². The van der Waals surface area contributed by atoms with Crippen molar-refractivity contribution in [2.45, 2.75) is 6.92 Å². The molecule has 2 aromatic carbocycles. The summed E-state index contributed by atoms with van der Waals surface area (Å²) in [5.41, 5.74) is 3.29. The number of hydrogen-bond donors (Lipinski definition) is 1. The van der Waals surface area contributed by atoms with Crippen LogP contribution in [0.15, 0.2) is 72.9 Å². The number of fused-ring (bicyclic) bond motifs is 1. The largest absolute Gasteiger partial charge is 0.481 e. The van der Waals surface area contributed by atoms with Gasteiger partial charge in [-0.05, 0) is 30.7 Å². The van der Waals surface area contributed by atoms with Gasteiger partial charge in [-0.3, -0.25) is 9.20 Å². The highest BCUT2D eigenvalue weighted by Crippen LogP contribution is 2.29. The summed E-state index contributed by atoms with van der Waals surface area (Å²) in [4.78, 5) is 17.2. The Bertz CT molecular complexity index is 1140. The SMILES string of the molecule is Cc1ccc2nc(-c3ccccc3)c(NC(=O)COc3ccccc3F)n2c1. The van der Waals surface area contributed by atoms with Gasteiger partial charge in [-0.1, -0.05) is 48.5 Å². The molecule has 0 saturated heterocycles. The number of ether oxygens (including phenoxy) is 1. The van der Waals surface area contributed by atoms with Crippen molar-refractivity contribution in [3.8, 4) is 17.0 Å². The molecule has 0 fully saturated rings. The van der Waals surface area contributed by atoms with Crippen molar-refractivity contribution in [2.24, 2.45) is 0 Å². The van der Waals surface area contributed by atoms with Crippen molar-refractivity contribution in [1.82, 2.24) is 9.38 Å². The molecule has 0 aliphatic carbocycles. The van der Waals surface area contributed by atoms with Crippen molar-refractivity contribution in [3.63, 3.8) is 0 Å². The molecule has 140 valence electrons. The number of imidazole rings is 1. The Labute approximate surface area is 161 Å². The number of pyridine rings is 1. The molecule has 0 aliphatic heterocycles. The number of halogens is 1. The second kappa shape index (κ2) is 7.52. The van der Waals surface area contributed by atoms with Crippen LogP contribution >= 0.6 is 0 Å². The maximum absolute atomic E-state index is 13.7. The zero-order valence-electron chi connectivity index (χ0n) is 15.2. The topological polar surface area (TPSA) is 55.6 Å². The van der Waals surface area contributed by atoms with Gasteiger partial charge >= 0.3 is 0 Å². The maximum atomic E-state index is 13.7. The van der Waals surface area contributed by atoms with Gasteiger partial charge in [0, 0.05) is 11.8 Å². The predicted molar refractivity (Wildman–Crippen MR) is 106 cm³/mol. The molecular weight excluding hydrogens is 357 g/mol. The van der Waals surface area contributed by atoms with Gasteiger partial charge in [0.1, 0.15) is 17.2 Å². The molecule has 6 heteroatoms. The van der Waals surface area contributed by atoms with E-state index in [1.165, 1.54) is 12.1 Å². The van der Waals surface area contributed by atoms with Gasteiger partial charge in [0.25, 0.3) is 5.91 Å². The van der Waals surface area contributed by atoms with Gasteiger partial charge < -0.3 is 10.1 Å². The van der Waals surface area contributed by atoms with E-state index in [0.29, 0.717) is 11.5 Å². The Kier molecular flexibility index (Phi) is 4.76. The van der Waals surface area contributed by atoms with Gasteiger partial charge in [0.05, 0.1) is 0 Å². The Morgan fingerprint density at radius 3 is 2.61 bits per heavy atom. The number of carbonyl (C=O) groups excluding carboxylic acids is 1. The van der Waals surface area contributed by atoms with Crippen LogP contribution in [-0.2, 0) is 4.79 Å². The van der Waals surface area contributed by atoms with Crippen molar-refractivity contribution < 1.29 is 13.9 Å². The third-order valence-electron chi connectivity index (χ3n) is 4.27. The molecule has 4 aromatic rings. The lowest BCUT2D eigenvalue weighted by molar-refractivity contribution is -0.118. The second-order valence-corrected chi connectivity index (χ2v) is 6.38. The van der Waals surface area contributed by atoms with E-state index in [9.17, 15) is 9.18 Å². The third-order valence-corrected chi connectivity index (χ3v) is 4.27. The number of aromatic nitrogens is 2. The van der Waals surface area contributed by atoms with E-state index in [1.807, 2.05) is 60.0 Å². The number of amides is 1. The highest BCUT2D eigenvalue weighted by atomic mass is 19.1. The molecule has 0 unspecified atom stereocenters. The molecule has 1 N–H and O–H groups in total. The van der Waals surface area contributed by atoms with Crippen LogP contribution in [0.3, 0.4) is 0 Å². The Morgan fingerprint density at radius 2 is 1.82 bits per heavy atom. The van der Waals surface area contributed by atoms with Gasteiger partial charge in [-0.15, -0.1) is 0 Å². The summed E-state index contributed by atoms with van der Waals surface area (Å²) in [5, 5.41) is 2.86. The predicted octanol–water partition coefficient (Wildman–Crippen LogP) is 4.47. The molecule has 0 aliphatic rings. The Morgan fingerprint density at radius 1 is 1.07 bits per heavy atom. The van der Waals surface area contributed by atoms with Crippen LogP contribution in [-0.4, -0.2) is 21.9 Å². The molecule has 0 atom stereocenters. The van der Waals surface area contributed by atoms with E-state index in [4.69, 9.17) is 4.74 Å². The van der Waals surface area contributed by atoms with Crippen LogP contribution in [0.4, 0.5) is 10.2 Å². The van der Waals surface area contributed by atoms with E-state index in [0.717, 1.165) is 16.8 Å². The van der Waals surface area contributed by atoms with E-state index in [2.05, 4.69) is 10.3 Å². The fourth-order valence-corrected chi connectivity index (χ4v) is 2.94. The quantitative estimate of drug-likeness (QED) is 0.560. The smallest absolute Gasteiger partial charge is 0.263 e. The number of anilines is 1. The number of nitrogens with zero attached hydrogens (tertiary/aromatic N) is 2. The molecule has 4 rings (SSSR count). The molecule has 0 spiro atoms. The van der Waals surface area contributed by atoms with Crippen molar-refractivity contribution in [2.75, 3.05) is 11.9 Å².